The summed E-state index contributed by atoms with van der Waals surface area (Å²) in [6.07, 6.45) is 3.88. The maximum Gasteiger partial charge on any atom is 0.243 e. The maximum absolute atomic E-state index is 13.4. The van der Waals surface area contributed by atoms with Crippen molar-refractivity contribution in [3.63, 3.8) is 0 Å². The average Bonchev–Trinajstić information content (AvgIpc) is 2.65. The number of sulfonamides is 1. The molecule has 0 bridgehead atoms. The number of aromatic nitrogens is 1. The number of aryl methyl sites for hydroxylation is 1. The third kappa shape index (κ3) is 4.14. The van der Waals surface area contributed by atoms with Crippen LogP contribution < -0.4 is 5.32 Å². The second kappa shape index (κ2) is 7.69. The molecule has 1 aliphatic heterocycles. The van der Waals surface area contributed by atoms with Gasteiger partial charge in [-0.25, -0.2) is 17.2 Å². The van der Waals surface area contributed by atoms with Gasteiger partial charge in [0.2, 0.25) is 15.9 Å². The van der Waals surface area contributed by atoms with Crippen molar-refractivity contribution in [2.45, 2.75) is 24.7 Å². The number of benzene rings is 1. The number of halogens is 2. The first-order valence-electron chi connectivity index (χ1n) is 8.45. The lowest BCUT2D eigenvalue weighted by molar-refractivity contribution is -0.120. The van der Waals surface area contributed by atoms with Crippen LogP contribution in [0.4, 0.5) is 14.5 Å². The van der Waals surface area contributed by atoms with E-state index in [1.807, 2.05) is 6.92 Å². The number of nitrogens with zero attached hydrogens (tertiary/aromatic N) is 2. The summed E-state index contributed by atoms with van der Waals surface area (Å²) in [7, 11) is -3.93. The molecule has 144 valence electrons. The number of amides is 1. The lowest BCUT2D eigenvalue weighted by atomic mass is 9.97. The number of hydrogen-bond donors (Lipinski definition) is 1. The predicted octanol–water partition coefficient (Wildman–Crippen LogP) is 2.71. The second-order valence-electron chi connectivity index (χ2n) is 6.43. The smallest absolute Gasteiger partial charge is 0.243 e. The minimum Gasteiger partial charge on any atom is -0.324 e. The van der Waals surface area contributed by atoms with Gasteiger partial charge in [-0.15, -0.1) is 0 Å². The van der Waals surface area contributed by atoms with Crippen molar-refractivity contribution >= 4 is 21.6 Å². The van der Waals surface area contributed by atoms with Crippen molar-refractivity contribution in [2.24, 2.45) is 5.92 Å². The fourth-order valence-electron chi connectivity index (χ4n) is 2.97. The Morgan fingerprint density at radius 3 is 2.52 bits per heavy atom. The number of carbonyl (C=O) groups excluding carboxylic acids is 1. The monoisotopic (exact) mass is 395 g/mol. The van der Waals surface area contributed by atoms with E-state index in [2.05, 4.69) is 10.3 Å². The van der Waals surface area contributed by atoms with Crippen LogP contribution in [0.25, 0.3) is 0 Å². The Bertz CT molecular complexity index is 958. The summed E-state index contributed by atoms with van der Waals surface area (Å²) in [5.41, 5.74) is 1.51. The van der Waals surface area contributed by atoms with Crippen molar-refractivity contribution in [3.05, 3.63) is 53.9 Å². The largest absolute Gasteiger partial charge is 0.324 e. The number of nitrogens with one attached hydrogen (secondary N) is 1. The Kier molecular flexibility index (Phi) is 5.52. The molecule has 2 aromatic rings. The van der Waals surface area contributed by atoms with E-state index in [1.165, 1.54) is 4.31 Å². The second-order valence-corrected chi connectivity index (χ2v) is 8.37. The Labute approximate surface area is 156 Å². The van der Waals surface area contributed by atoms with Crippen LogP contribution in [0.2, 0.25) is 0 Å². The van der Waals surface area contributed by atoms with E-state index in [-0.39, 0.29) is 29.8 Å². The zero-order valence-corrected chi connectivity index (χ0v) is 15.5. The van der Waals surface area contributed by atoms with Gasteiger partial charge in [-0.3, -0.25) is 9.78 Å². The standard InChI is InChI=1S/C18H19F2N3O3S/c1-12-4-7-21-11-17(12)22-18(24)13-5-8-23(9-6-13)27(25,26)14-2-3-15(19)16(20)10-14/h2-4,7,10-11,13H,5-6,8-9H2,1H3,(H,22,24). The van der Waals surface area contributed by atoms with Crippen LogP contribution in [-0.2, 0) is 14.8 Å². The zero-order chi connectivity index (χ0) is 19.6. The van der Waals surface area contributed by atoms with Gasteiger partial charge in [0, 0.05) is 25.2 Å². The van der Waals surface area contributed by atoms with E-state index in [0.29, 0.717) is 24.6 Å². The molecule has 0 unspecified atom stereocenters. The van der Waals surface area contributed by atoms with Crippen molar-refractivity contribution in [1.29, 1.82) is 0 Å². The molecule has 1 N–H and O–H groups in total. The molecule has 3 rings (SSSR count). The van der Waals surface area contributed by atoms with Gasteiger partial charge < -0.3 is 5.32 Å². The zero-order valence-electron chi connectivity index (χ0n) is 14.7. The topological polar surface area (TPSA) is 79.4 Å². The van der Waals surface area contributed by atoms with Gasteiger partial charge >= 0.3 is 0 Å². The summed E-state index contributed by atoms with van der Waals surface area (Å²) in [5.74, 6) is -2.83. The Morgan fingerprint density at radius 2 is 1.89 bits per heavy atom. The molecule has 27 heavy (non-hydrogen) atoms. The lowest BCUT2D eigenvalue weighted by Gasteiger charge is -2.30. The molecule has 0 radical (unpaired) electrons. The minimum absolute atomic E-state index is 0.130. The van der Waals surface area contributed by atoms with E-state index in [0.717, 1.165) is 17.7 Å². The number of rotatable bonds is 4. The van der Waals surface area contributed by atoms with Crippen LogP contribution >= 0.6 is 0 Å². The van der Waals surface area contributed by atoms with Gasteiger partial charge in [0.15, 0.2) is 11.6 Å². The Balaban J connectivity index is 1.65. The summed E-state index contributed by atoms with van der Waals surface area (Å²) in [5, 5.41) is 2.82. The molecule has 6 nitrogen and oxygen atoms in total. The highest BCUT2D eigenvalue weighted by molar-refractivity contribution is 7.89. The first kappa shape index (κ1) is 19.4. The number of anilines is 1. The molecule has 2 heterocycles. The highest BCUT2D eigenvalue weighted by Gasteiger charge is 2.32. The molecule has 1 aromatic heterocycles. The molecule has 1 amide bonds. The lowest BCUT2D eigenvalue weighted by Crippen LogP contribution is -2.41. The first-order chi connectivity index (χ1) is 12.8. The quantitative estimate of drug-likeness (QED) is 0.863. The highest BCUT2D eigenvalue weighted by Crippen LogP contribution is 2.26. The molecule has 1 aromatic carbocycles. The van der Waals surface area contributed by atoms with E-state index in [4.69, 9.17) is 0 Å². The van der Waals surface area contributed by atoms with Crippen LogP contribution in [-0.4, -0.2) is 36.7 Å². The summed E-state index contributed by atoms with van der Waals surface area (Å²) >= 11 is 0. The van der Waals surface area contributed by atoms with Crippen molar-refractivity contribution in [3.8, 4) is 0 Å². The van der Waals surface area contributed by atoms with Gasteiger partial charge in [-0.1, -0.05) is 0 Å². The molecule has 0 spiro atoms. The summed E-state index contributed by atoms with van der Waals surface area (Å²) in [6.45, 7) is 2.12. The number of hydrogen-bond acceptors (Lipinski definition) is 4. The molecule has 1 aliphatic rings. The van der Waals surface area contributed by atoms with Crippen molar-refractivity contribution in [2.75, 3.05) is 18.4 Å². The first-order valence-corrected chi connectivity index (χ1v) is 9.89. The predicted molar refractivity (Wildman–Crippen MR) is 95.4 cm³/mol. The van der Waals surface area contributed by atoms with E-state index < -0.39 is 21.7 Å². The molecule has 1 saturated heterocycles. The van der Waals surface area contributed by atoms with Gasteiger partial charge in [0.05, 0.1) is 16.8 Å². The molecule has 0 saturated carbocycles. The van der Waals surface area contributed by atoms with Crippen LogP contribution in [0, 0.1) is 24.5 Å². The fraction of sp³-hybridized carbons (Fsp3) is 0.333. The molecule has 0 aliphatic carbocycles. The van der Waals surface area contributed by atoms with Crippen molar-refractivity contribution in [1.82, 2.24) is 9.29 Å². The van der Waals surface area contributed by atoms with E-state index in [1.54, 1.807) is 18.5 Å². The van der Waals surface area contributed by atoms with Gasteiger partial charge in [-0.05, 0) is 49.6 Å². The number of carbonyl (C=O) groups is 1. The molecular weight excluding hydrogens is 376 g/mol. The molecule has 1 fully saturated rings. The molecule has 9 heteroatoms. The van der Waals surface area contributed by atoms with E-state index >= 15 is 0 Å². The van der Waals surface area contributed by atoms with Gasteiger partial charge in [0.1, 0.15) is 0 Å². The molecular formula is C18H19F2N3O3S. The fourth-order valence-corrected chi connectivity index (χ4v) is 4.46. The minimum atomic E-state index is -3.93. The van der Waals surface area contributed by atoms with Crippen LogP contribution in [0.15, 0.2) is 41.6 Å². The van der Waals surface area contributed by atoms with Crippen LogP contribution in [0.1, 0.15) is 18.4 Å². The van der Waals surface area contributed by atoms with Crippen LogP contribution in [0.5, 0.6) is 0 Å². The summed E-state index contributed by atoms with van der Waals surface area (Å²) in [4.78, 5) is 16.1. The summed E-state index contributed by atoms with van der Waals surface area (Å²) in [6, 6.07) is 4.29. The molecule has 0 atom stereocenters. The van der Waals surface area contributed by atoms with Gasteiger partial charge in [-0.2, -0.15) is 4.31 Å². The average molecular weight is 395 g/mol. The third-order valence-electron chi connectivity index (χ3n) is 4.65. The summed E-state index contributed by atoms with van der Waals surface area (Å²) < 4.78 is 52.8. The maximum atomic E-state index is 13.4. The Hall–Kier alpha value is -2.39. The normalized spacial score (nSPS) is 16.3. The third-order valence-corrected chi connectivity index (χ3v) is 6.55. The van der Waals surface area contributed by atoms with Crippen molar-refractivity contribution < 1.29 is 22.0 Å². The van der Waals surface area contributed by atoms with Crippen LogP contribution in [0.3, 0.4) is 0 Å². The number of pyridine rings is 1. The SMILES string of the molecule is Cc1ccncc1NC(=O)C1CCN(S(=O)(=O)c2ccc(F)c(F)c2)CC1. The number of piperidine rings is 1. The highest BCUT2D eigenvalue weighted by atomic mass is 32.2. The Morgan fingerprint density at radius 1 is 1.19 bits per heavy atom. The van der Waals surface area contributed by atoms with Gasteiger partial charge in [0.25, 0.3) is 0 Å². The van der Waals surface area contributed by atoms with E-state index in [9.17, 15) is 22.0 Å².